The molecule has 6 nitrogen and oxygen atoms in total. The number of benzene rings is 1. The fourth-order valence-corrected chi connectivity index (χ4v) is 2.45. The van der Waals surface area contributed by atoms with Crippen LogP contribution in [0.2, 0.25) is 0 Å². The molecule has 0 spiro atoms. The smallest absolute Gasteiger partial charge is 0.270 e. The van der Waals surface area contributed by atoms with Crippen LogP contribution in [-0.4, -0.2) is 40.0 Å². The molecule has 0 saturated carbocycles. The van der Waals surface area contributed by atoms with Crippen LogP contribution in [0.1, 0.15) is 23.2 Å². The highest BCUT2D eigenvalue weighted by Crippen LogP contribution is 2.25. The standard InChI is InChI=1S/C12H13BrN2O4/c13-11-2-1-8(15(18)19)7-10(11)12(17)14-5-3-9(16)4-6-14/h1-2,7,9,16H,3-6H2. The van der Waals surface area contributed by atoms with Gasteiger partial charge in [-0.15, -0.1) is 0 Å². The van der Waals surface area contributed by atoms with E-state index in [4.69, 9.17) is 0 Å². The van der Waals surface area contributed by atoms with Gasteiger partial charge in [0.05, 0.1) is 16.6 Å². The van der Waals surface area contributed by atoms with Crippen LogP contribution >= 0.6 is 15.9 Å². The highest BCUT2D eigenvalue weighted by atomic mass is 79.9. The Hall–Kier alpha value is -1.47. The summed E-state index contributed by atoms with van der Waals surface area (Å²) < 4.78 is 0.536. The van der Waals surface area contributed by atoms with Gasteiger partial charge in [0.1, 0.15) is 0 Å². The van der Waals surface area contributed by atoms with E-state index in [1.807, 2.05) is 0 Å². The third-order valence-electron chi connectivity index (χ3n) is 3.14. The Labute approximate surface area is 118 Å². The molecule has 0 atom stereocenters. The number of likely N-dealkylation sites (tertiary alicyclic amines) is 1. The molecule has 1 fully saturated rings. The summed E-state index contributed by atoms with van der Waals surface area (Å²) in [5.74, 6) is -0.248. The summed E-state index contributed by atoms with van der Waals surface area (Å²) in [6.45, 7) is 0.935. The van der Waals surface area contributed by atoms with Crippen molar-refractivity contribution in [2.75, 3.05) is 13.1 Å². The van der Waals surface area contributed by atoms with E-state index in [-0.39, 0.29) is 23.3 Å². The Bertz CT molecular complexity index is 512. The molecular weight excluding hydrogens is 316 g/mol. The molecule has 0 aliphatic carbocycles. The van der Waals surface area contributed by atoms with E-state index in [2.05, 4.69) is 15.9 Å². The Morgan fingerprint density at radius 2 is 2.05 bits per heavy atom. The number of nitro groups is 1. The summed E-state index contributed by atoms with van der Waals surface area (Å²) in [6.07, 6.45) is 0.717. The number of amides is 1. The molecule has 1 N–H and O–H groups in total. The van der Waals surface area contributed by atoms with E-state index in [0.717, 1.165) is 0 Å². The maximum Gasteiger partial charge on any atom is 0.270 e. The van der Waals surface area contributed by atoms with Gasteiger partial charge in [-0.2, -0.15) is 0 Å². The number of rotatable bonds is 2. The SMILES string of the molecule is O=C(c1cc([N+](=O)[O-])ccc1Br)N1CCC(O)CC1. The van der Waals surface area contributed by atoms with Crippen LogP contribution in [0.25, 0.3) is 0 Å². The maximum atomic E-state index is 12.3. The third-order valence-corrected chi connectivity index (χ3v) is 3.83. The van der Waals surface area contributed by atoms with Crippen molar-refractivity contribution in [3.8, 4) is 0 Å². The minimum atomic E-state index is -0.525. The van der Waals surface area contributed by atoms with Gasteiger partial charge in [-0.3, -0.25) is 14.9 Å². The summed E-state index contributed by atoms with van der Waals surface area (Å²) >= 11 is 3.24. The Kier molecular flexibility index (Phi) is 4.16. The summed E-state index contributed by atoms with van der Waals surface area (Å²) in [6, 6.07) is 4.13. The summed E-state index contributed by atoms with van der Waals surface area (Å²) in [7, 11) is 0. The summed E-state index contributed by atoms with van der Waals surface area (Å²) in [5, 5.41) is 20.2. The molecule has 1 aromatic carbocycles. The van der Waals surface area contributed by atoms with Crippen molar-refractivity contribution in [3.63, 3.8) is 0 Å². The topological polar surface area (TPSA) is 83.7 Å². The molecule has 7 heteroatoms. The minimum absolute atomic E-state index is 0.108. The van der Waals surface area contributed by atoms with E-state index < -0.39 is 4.92 Å². The number of piperidine rings is 1. The Balaban J connectivity index is 2.23. The molecule has 1 aliphatic heterocycles. The van der Waals surface area contributed by atoms with Crippen molar-refractivity contribution in [2.24, 2.45) is 0 Å². The normalized spacial score (nSPS) is 16.4. The van der Waals surface area contributed by atoms with Gasteiger partial charge in [-0.25, -0.2) is 0 Å². The summed E-state index contributed by atoms with van der Waals surface area (Å²) in [5.41, 5.74) is 0.175. The Morgan fingerprint density at radius 1 is 1.42 bits per heavy atom. The minimum Gasteiger partial charge on any atom is -0.393 e. The number of aliphatic hydroxyl groups is 1. The van der Waals surface area contributed by atoms with Crippen LogP contribution in [-0.2, 0) is 0 Å². The quantitative estimate of drug-likeness (QED) is 0.664. The molecule has 0 radical (unpaired) electrons. The van der Waals surface area contributed by atoms with E-state index in [1.165, 1.54) is 18.2 Å². The molecule has 2 rings (SSSR count). The molecule has 102 valence electrons. The molecule has 1 saturated heterocycles. The molecule has 1 aromatic rings. The van der Waals surface area contributed by atoms with E-state index in [9.17, 15) is 20.0 Å². The maximum absolute atomic E-state index is 12.3. The van der Waals surface area contributed by atoms with Crippen LogP contribution in [0.4, 0.5) is 5.69 Å². The van der Waals surface area contributed by atoms with Gasteiger partial charge in [0.25, 0.3) is 11.6 Å². The number of nitrogens with zero attached hydrogens (tertiary/aromatic N) is 2. The largest absolute Gasteiger partial charge is 0.393 e. The number of carbonyl (C=O) groups is 1. The second kappa shape index (κ2) is 5.66. The van der Waals surface area contributed by atoms with Gasteiger partial charge in [0, 0.05) is 29.7 Å². The predicted octanol–water partition coefficient (Wildman–Crippen LogP) is 1.95. The van der Waals surface area contributed by atoms with E-state index in [0.29, 0.717) is 30.4 Å². The van der Waals surface area contributed by atoms with Crippen LogP contribution < -0.4 is 0 Å². The molecule has 19 heavy (non-hydrogen) atoms. The fourth-order valence-electron chi connectivity index (χ4n) is 2.03. The van der Waals surface area contributed by atoms with E-state index >= 15 is 0 Å². The molecule has 1 heterocycles. The second-order valence-electron chi connectivity index (χ2n) is 4.44. The van der Waals surface area contributed by atoms with Gasteiger partial charge in [0.15, 0.2) is 0 Å². The second-order valence-corrected chi connectivity index (χ2v) is 5.30. The molecule has 1 amide bonds. The molecule has 0 unspecified atom stereocenters. The van der Waals surface area contributed by atoms with Crippen LogP contribution in [0, 0.1) is 10.1 Å². The fraction of sp³-hybridized carbons (Fsp3) is 0.417. The lowest BCUT2D eigenvalue weighted by Gasteiger charge is -2.29. The lowest BCUT2D eigenvalue weighted by molar-refractivity contribution is -0.384. The van der Waals surface area contributed by atoms with Crippen LogP contribution in [0.5, 0.6) is 0 Å². The zero-order valence-corrected chi connectivity index (χ0v) is 11.7. The van der Waals surface area contributed by atoms with Crippen molar-refractivity contribution in [3.05, 3.63) is 38.3 Å². The number of hydrogen-bond acceptors (Lipinski definition) is 4. The first-order valence-corrected chi connectivity index (χ1v) is 6.69. The van der Waals surface area contributed by atoms with Gasteiger partial charge in [0.2, 0.25) is 0 Å². The monoisotopic (exact) mass is 328 g/mol. The van der Waals surface area contributed by atoms with Crippen molar-refractivity contribution in [1.29, 1.82) is 0 Å². The summed E-state index contributed by atoms with van der Waals surface area (Å²) in [4.78, 5) is 24.1. The van der Waals surface area contributed by atoms with Crippen LogP contribution in [0.3, 0.4) is 0 Å². The first kappa shape index (κ1) is 14.0. The molecular formula is C12H13BrN2O4. The average Bonchev–Trinajstić information content (AvgIpc) is 2.39. The van der Waals surface area contributed by atoms with E-state index in [1.54, 1.807) is 4.90 Å². The lowest BCUT2D eigenvalue weighted by atomic mass is 10.1. The van der Waals surface area contributed by atoms with Gasteiger partial charge >= 0.3 is 0 Å². The van der Waals surface area contributed by atoms with Crippen molar-refractivity contribution >= 4 is 27.5 Å². The van der Waals surface area contributed by atoms with Crippen molar-refractivity contribution < 1.29 is 14.8 Å². The first-order chi connectivity index (χ1) is 8.99. The number of hydrogen-bond donors (Lipinski definition) is 1. The average molecular weight is 329 g/mol. The van der Waals surface area contributed by atoms with Gasteiger partial charge in [-0.1, -0.05) is 0 Å². The Morgan fingerprint density at radius 3 is 2.63 bits per heavy atom. The number of carbonyl (C=O) groups excluding carboxylic acids is 1. The zero-order valence-electron chi connectivity index (χ0n) is 10.1. The van der Waals surface area contributed by atoms with Crippen molar-refractivity contribution in [1.82, 2.24) is 4.90 Å². The molecule has 0 aromatic heterocycles. The van der Waals surface area contributed by atoms with Gasteiger partial charge < -0.3 is 10.0 Å². The van der Waals surface area contributed by atoms with Gasteiger partial charge in [-0.05, 0) is 34.8 Å². The number of aliphatic hydroxyl groups excluding tert-OH is 1. The zero-order chi connectivity index (χ0) is 14.0. The lowest BCUT2D eigenvalue weighted by Crippen LogP contribution is -2.40. The highest BCUT2D eigenvalue weighted by Gasteiger charge is 2.25. The predicted molar refractivity (Wildman–Crippen MR) is 71.9 cm³/mol. The third kappa shape index (κ3) is 3.10. The van der Waals surface area contributed by atoms with Crippen molar-refractivity contribution in [2.45, 2.75) is 18.9 Å². The number of nitro benzene ring substituents is 1. The van der Waals surface area contributed by atoms with Crippen LogP contribution in [0.15, 0.2) is 22.7 Å². The number of non-ortho nitro benzene ring substituents is 1. The highest BCUT2D eigenvalue weighted by molar-refractivity contribution is 9.10. The molecule has 0 bridgehead atoms. The number of halogens is 1. The first-order valence-electron chi connectivity index (χ1n) is 5.90. The molecule has 1 aliphatic rings.